The number of carbonyl (C=O) groups is 1. The molecule has 4 aliphatic rings. The summed E-state index contributed by atoms with van der Waals surface area (Å²) in [5.41, 5.74) is 2.02. The zero-order valence-corrected chi connectivity index (χ0v) is 20.5. The number of fused-ring (bicyclic) bond motifs is 1. The zero-order valence-electron chi connectivity index (χ0n) is 20.5. The number of aromatic nitrogens is 1. The first-order valence-corrected chi connectivity index (χ1v) is 12.7. The highest BCUT2D eigenvalue weighted by Crippen LogP contribution is 2.51. The van der Waals surface area contributed by atoms with Crippen LogP contribution in [0.2, 0.25) is 0 Å². The Hall–Kier alpha value is -2.08. The van der Waals surface area contributed by atoms with E-state index in [4.69, 9.17) is 9.47 Å². The van der Waals surface area contributed by atoms with Gasteiger partial charge >= 0.3 is 6.09 Å². The molecular weight excluding hydrogens is 414 g/mol. The number of carbonyl (C=O) groups excluding carboxylic acids is 1. The minimum absolute atomic E-state index is 0.152. The Bertz CT molecular complexity index is 890. The summed E-state index contributed by atoms with van der Waals surface area (Å²) < 4.78 is 12.3. The lowest BCUT2D eigenvalue weighted by Gasteiger charge is -2.59. The van der Waals surface area contributed by atoms with E-state index in [0.717, 1.165) is 35.8 Å². The van der Waals surface area contributed by atoms with Crippen molar-refractivity contribution in [3.05, 3.63) is 36.2 Å². The minimum atomic E-state index is -0.528. The monoisotopic (exact) mass is 453 g/mol. The van der Waals surface area contributed by atoms with Crippen LogP contribution in [0.1, 0.15) is 76.6 Å². The van der Waals surface area contributed by atoms with Crippen LogP contribution in [0.5, 0.6) is 5.75 Å². The van der Waals surface area contributed by atoms with Crippen LogP contribution in [-0.2, 0) is 11.2 Å². The van der Waals surface area contributed by atoms with Crippen molar-refractivity contribution < 1.29 is 14.3 Å². The molecule has 0 bridgehead atoms. The Morgan fingerprint density at radius 2 is 2.06 bits per heavy atom. The maximum Gasteiger partial charge on any atom is 0.410 e. The van der Waals surface area contributed by atoms with E-state index < -0.39 is 5.60 Å². The highest BCUT2D eigenvalue weighted by Gasteiger charge is 2.53. The molecule has 1 aromatic rings. The van der Waals surface area contributed by atoms with Crippen molar-refractivity contribution in [2.45, 2.75) is 83.5 Å². The van der Waals surface area contributed by atoms with Gasteiger partial charge in [-0.3, -0.25) is 4.98 Å². The van der Waals surface area contributed by atoms with Crippen LogP contribution >= 0.6 is 0 Å². The molecule has 6 heteroatoms. The van der Waals surface area contributed by atoms with Gasteiger partial charge in [-0.2, -0.15) is 0 Å². The molecule has 2 aliphatic heterocycles. The molecule has 33 heavy (non-hydrogen) atoms. The fourth-order valence-electron chi connectivity index (χ4n) is 6.13. The van der Waals surface area contributed by atoms with Gasteiger partial charge in [-0.05, 0) is 64.9 Å². The van der Waals surface area contributed by atoms with Crippen molar-refractivity contribution in [2.24, 2.45) is 11.3 Å². The van der Waals surface area contributed by atoms with E-state index in [1.54, 1.807) is 0 Å². The summed E-state index contributed by atoms with van der Waals surface area (Å²) in [5, 5.41) is 0. The number of amides is 1. The molecule has 1 spiro atoms. The average molecular weight is 454 g/mol. The van der Waals surface area contributed by atoms with Gasteiger partial charge in [0.05, 0.1) is 17.8 Å². The fraction of sp³-hybridized carbons (Fsp3) is 0.704. The van der Waals surface area contributed by atoms with E-state index in [1.807, 2.05) is 44.0 Å². The van der Waals surface area contributed by atoms with Gasteiger partial charge in [-0.1, -0.05) is 12.5 Å². The Labute approximate surface area is 198 Å². The van der Waals surface area contributed by atoms with Gasteiger partial charge < -0.3 is 19.3 Å². The lowest BCUT2D eigenvalue weighted by atomic mass is 9.61. The maximum atomic E-state index is 13.0. The molecule has 180 valence electrons. The lowest BCUT2D eigenvalue weighted by molar-refractivity contribution is -0.125. The highest BCUT2D eigenvalue weighted by atomic mass is 16.6. The van der Waals surface area contributed by atoms with Gasteiger partial charge in [-0.25, -0.2) is 4.79 Å². The Balaban J connectivity index is 1.25. The summed E-state index contributed by atoms with van der Waals surface area (Å²) in [6.45, 7) is 14.0. The van der Waals surface area contributed by atoms with Crippen molar-refractivity contribution in [1.82, 2.24) is 14.8 Å². The normalized spacial score (nSPS) is 24.9. The van der Waals surface area contributed by atoms with Crippen molar-refractivity contribution in [3.8, 4) is 5.75 Å². The molecule has 0 aromatic carbocycles. The van der Waals surface area contributed by atoms with E-state index in [1.165, 1.54) is 38.9 Å². The molecule has 1 amide bonds. The number of rotatable bonds is 6. The molecule has 3 fully saturated rings. The number of hydrogen-bond donors (Lipinski definition) is 0. The molecular formula is C27H39N3O3. The van der Waals surface area contributed by atoms with Gasteiger partial charge in [0.25, 0.3) is 0 Å². The molecule has 0 radical (unpaired) electrons. The van der Waals surface area contributed by atoms with Crippen LogP contribution in [0.15, 0.2) is 24.9 Å². The summed E-state index contributed by atoms with van der Waals surface area (Å²) in [7, 11) is 0. The summed E-state index contributed by atoms with van der Waals surface area (Å²) in [6, 6.07) is 1.82. The van der Waals surface area contributed by atoms with Crippen molar-refractivity contribution in [2.75, 3.05) is 26.2 Å². The second-order valence-corrected chi connectivity index (χ2v) is 11.7. The molecule has 1 aromatic heterocycles. The quantitative estimate of drug-likeness (QED) is 0.559. The molecule has 2 aliphatic carbocycles. The van der Waals surface area contributed by atoms with Crippen LogP contribution < -0.4 is 4.74 Å². The third-order valence-electron chi connectivity index (χ3n) is 7.82. The van der Waals surface area contributed by atoms with Crippen LogP contribution in [0, 0.1) is 11.3 Å². The van der Waals surface area contributed by atoms with Gasteiger partial charge in [0.1, 0.15) is 11.4 Å². The third kappa shape index (κ3) is 4.64. The zero-order chi connectivity index (χ0) is 23.2. The fourth-order valence-corrected chi connectivity index (χ4v) is 6.13. The lowest BCUT2D eigenvalue weighted by Crippen LogP contribution is -2.65. The molecule has 2 saturated carbocycles. The van der Waals surface area contributed by atoms with Crippen LogP contribution in [0.3, 0.4) is 0 Å². The summed E-state index contributed by atoms with van der Waals surface area (Å²) in [6.07, 6.45) is 11.6. The van der Waals surface area contributed by atoms with Crippen molar-refractivity contribution >= 4 is 6.09 Å². The van der Waals surface area contributed by atoms with Crippen molar-refractivity contribution in [1.29, 1.82) is 0 Å². The van der Waals surface area contributed by atoms with Crippen LogP contribution in [-0.4, -0.2) is 58.8 Å². The van der Waals surface area contributed by atoms with Crippen molar-refractivity contribution in [3.63, 3.8) is 0 Å². The predicted octanol–water partition coefficient (Wildman–Crippen LogP) is 5.14. The summed E-state index contributed by atoms with van der Waals surface area (Å²) in [4.78, 5) is 22.1. The molecule has 5 rings (SSSR count). The molecule has 3 heterocycles. The Morgan fingerprint density at radius 1 is 1.30 bits per heavy atom. The van der Waals surface area contributed by atoms with E-state index >= 15 is 0 Å². The minimum Gasteiger partial charge on any atom is -0.490 e. The highest BCUT2D eigenvalue weighted by molar-refractivity contribution is 5.70. The maximum absolute atomic E-state index is 13.0. The number of likely N-dealkylation sites (tertiary alicyclic amines) is 1. The van der Waals surface area contributed by atoms with Gasteiger partial charge in [0, 0.05) is 49.8 Å². The van der Waals surface area contributed by atoms with E-state index in [2.05, 4.69) is 16.5 Å². The van der Waals surface area contributed by atoms with Gasteiger partial charge in [-0.15, -0.1) is 6.58 Å². The Morgan fingerprint density at radius 3 is 2.70 bits per heavy atom. The molecule has 1 unspecified atom stereocenters. The predicted molar refractivity (Wildman–Crippen MR) is 128 cm³/mol. The summed E-state index contributed by atoms with van der Waals surface area (Å²) in [5.74, 6) is 1.83. The standard InChI is InChI=1S/C27H39N3O3/c1-5-7-22-24-21(11-13-30(22)25(31)33-26(2,3)4)28-12-10-23(24)32-20-14-27(15-20)17-29(18-27)16-19-8-6-9-19/h5,10,12,19-20,22H,1,6-9,11,13-18H2,2-4H3. The average Bonchev–Trinajstić information content (AvgIpc) is 2.65. The number of hydrogen-bond acceptors (Lipinski definition) is 5. The first-order valence-electron chi connectivity index (χ1n) is 12.7. The second-order valence-electron chi connectivity index (χ2n) is 11.7. The first-order chi connectivity index (χ1) is 15.8. The van der Waals surface area contributed by atoms with E-state index in [-0.39, 0.29) is 18.2 Å². The van der Waals surface area contributed by atoms with E-state index in [9.17, 15) is 4.79 Å². The number of pyridine rings is 1. The topological polar surface area (TPSA) is 54.9 Å². The molecule has 0 N–H and O–H groups in total. The van der Waals surface area contributed by atoms with Gasteiger partial charge in [0.2, 0.25) is 0 Å². The number of nitrogens with zero attached hydrogens (tertiary/aromatic N) is 3. The second kappa shape index (κ2) is 8.61. The van der Waals surface area contributed by atoms with Crippen LogP contribution in [0.25, 0.3) is 0 Å². The molecule has 6 nitrogen and oxygen atoms in total. The van der Waals surface area contributed by atoms with Gasteiger partial charge in [0.15, 0.2) is 0 Å². The first kappa shape index (κ1) is 22.7. The molecule has 1 atom stereocenters. The summed E-state index contributed by atoms with van der Waals surface area (Å²) >= 11 is 0. The third-order valence-corrected chi connectivity index (χ3v) is 7.82. The largest absolute Gasteiger partial charge is 0.490 e. The van der Waals surface area contributed by atoms with Crippen LogP contribution in [0.4, 0.5) is 4.79 Å². The number of ether oxygens (including phenoxy) is 2. The molecule has 1 saturated heterocycles. The van der Waals surface area contributed by atoms with E-state index in [0.29, 0.717) is 24.8 Å². The smallest absolute Gasteiger partial charge is 0.410 e. The SMILES string of the molecule is C=CCC1c2c(OC3CC4(C3)CN(CC3CCC3)C4)ccnc2CCN1C(=O)OC(C)(C)C. The Kier molecular flexibility index (Phi) is 5.92.